The number of carbonyl (C=O) groups excluding carboxylic acids is 2. The second-order valence-electron chi connectivity index (χ2n) is 5.20. The zero-order chi connectivity index (χ0) is 18.1. The van der Waals surface area contributed by atoms with Crippen LogP contribution in [0.25, 0.3) is 10.2 Å². The molecule has 0 radical (unpaired) electrons. The molecular weight excluding hydrogens is 342 g/mol. The molecule has 2 heterocycles. The molecule has 0 saturated heterocycles. The molecule has 8 heteroatoms. The van der Waals surface area contributed by atoms with E-state index in [1.165, 1.54) is 13.2 Å². The van der Waals surface area contributed by atoms with Gasteiger partial charge in [0.15, 0.2) is 4.80 Å². The third-order valence-corrected chi connectivity index (χ3v) is 4.42. The van der Waals surface area contributed by atoms with Crippen molar-refractivity contribution in [3.8, 4) is 0 Å². The maximum Gasteiger partial charge on any atom is 0.338 e. The van der Waals surface area contributed by atoms with E-state index in [1.54, 1.807) is 37.3 Å². The van der Waals surface area contributed by atoms with Gasteiger partial charge in [0.1, 0.15) is 4.83 Å². The van der Waals surface area contributed by atoms with Gasteiger partial charge < -0.3 is 4.74 Å². The fourth-order valence-corrected chi connectivity index (χ4v) is 3.36. The Bertz CT molecular complexity index is 1120. The fraction of sp³-hybridized carbons (Fsp3) is 0.118. The predicted molar refractivity (Wildman–Crippen MR) is 92.0 cm³/mol. The molecule has 0 saturated carbocycles. The van der Waals surface area contributed by atoms with Crippen LogP contribution in [0.2, 0.25) is 0 Å². The molecule has 0 amide bonds. The summed E-state index contributed by atoms with van der Waals surface area (Å²) in [5.74, 6) is -1.33. The highest BCUT2D eigenvalue weighted by molar-refractivity contribution is 7.15. The van der Waals surface area contributed by atoms with Crippen molar-refractivity contribution < 1.29 is 14.3 Å². The van der Waals surface area contributed by atoms with Gasteiger partial charge in [-0.15, -0.1) is 0 Å². The molecule has 0 atom stereocenters. The van der Waals surface area contributed by atoms with Crippen LogP contribution in [0.15, 0.2) is 41.2 Å². The van der Waals surface area contributed by atoms with Crippen LogP contribution >= 0.6 is 11.3 Å². The first-order valence-electron chi connectivity index (χ1n) is 7.24. The Kier molecular flexibility index (Phi) is 4.28. The monoisotopic (exact) mass is 355 g/mol. The minimum atomic E-state index is -0.763. The van der Waals surface area contributed by atoms with Crippen LogP contribution in [0.1, 0.15) is 26.4 Å². The van der Waals surface area contributed by atoms with Crippen LogP contribution < -0.4 is 10.4 Å². The molecule has 0 aliphatic carbocycles. The number of pyridine rings is 1. The summed E-state index contributed by atoms with van der Waals surface area (Å²) in [4.78, 5) is 41.8. The summed E-state index contributed by atoms with van der Waals surface area (Å²) in [7, 11) is 1.21. The van der Waals surface area contributed by atoms with E-state index in [0.717, 1.165) is 15.9 Å². The average molecular weight is 355 g/mol. The Morgan fingerprint density at radius 2 is 1.92 bits per heavy atom. The predicted octanol–water partition coefficient (Wildman–Crippen LogP) is 1.72. The molecule has 0 unspecified atom stereocenters. The lowest BCUT2D eigenvalue weighted by molar-refractivity contribution is 0.0602. The number of nitrogens with zero attached hydrogens (tertiary/aromatic N) is 2. The van der Waals surface area contributed by atoms with Gasteiger partial charge in [-0.2, -0.15) is 0 Å². The highest BCUT2D eigenvalue weighted by Gasteiger charge is 2.21. The van der Waals surface area contributed by atoms with Gasteiger partial charge in [-0.3, -0.25) is 15.0 Å². The Labute approximate surface area is 145 Å². The maximum atomic E-state index is 12.9. The second kappa shape index (κ2) is 6.40. The van der Waals surface area contributed by atoms with Gasteiger partial charge in [0.05, 0.1) is 18.1 Å². The number of carbonyl (C=O) groups is 2. The van der Waals surface area contributed by atoms with Gasteiger partial charge in [-0.25, -0.2) is 14.3 Å². The largest absolute Gasteiger partial charge is 0.465 e. The Morgan fingerprint density at radius 1 is 1.24 bits per heavy atom. The van der Waals surface area contributed by atoms with Crippen molar-refractivity contribution in [1.82, 2.24) is 9.55 Å². The molecule has 25 heavy (non-hydrogen) atoms. The third-order valence-electron chi connectivity index (χ3n) is 3.56. The molecule has 3 rings (SSSR count). The van der Waals surface area contributed by atoms with Crippen LogP contribution in [0.5, 0.6) is 0 Å². The van der Waals surface area contributed by atoms with Gasteiger partial charge in [-0.1, -0.05) is 29.5 Å². The van der Waals surface area contributed by atoms with Crippen molar-refractivity contribution in [3.05, 3.63) is 68.4 Å². The number of ether oxygens (including phenoxy) is 1. The van der Waals surface area contributed by atoms with Crippen LogP contribution in [0, 0.1) is 12.3 Å². The number of esters is 1. The topological polar surface area (TPSA) is 102 Å². The molecule has 3 aromatic rings. The first kappa shape index (κ1) is 16.7. The Balaban J connectivity index is 2.38. The molecule has 0 aliphatic heterocycles. The zero-order valence-electron chi connectivity index (χ0n) is 13.4. The van der Waals surface area contributed by atoms with E-state index in [4.69, 9.17) is 10.1 Å². The van der Waals surface area contributed by atoms with Crippen molar-refractivity contribution in [1.29, 1.82) is 5.41 Å². The summed E-state index contributed by atoms with van der Waals surface area (Å²) in [6.07, 6.45) is 0. The van der Waals surface area contributed by atoms with Crippen molar-refractivity contribution in [3.63, 3.8) is 0 Å². The highest BCUT2D eigenvalue weighted by Crippen LogP contribution is 2.17. The first-order valence-corrected chi connectivity index (χ1v) is 8.06. The molecule has 126 valence electrons. The Hall–Kier alpha value is -3.13. The van der Waals surface area contributed by atoms with Crippen LogP contribution in [0.3, 0.4) is 0 Å². The summed E-state index contributed by atoms with van der Waals surface area (Å²) in [6, 6.07) is 9.61. The molecular formula is C17H13N3O4S. The summed E-state index contributed by atoms with van der Waals surface area (Å²) >= 11 is 0.852. The number of aromatic nitrogens is 2. The number of aryl methyl sites for hydroxylation is 1. The molecule has 0 bridgehead atoms. The minimum Gasteiger partial charge on any atom is -0.465 e. The number of hydrogen-bond acceptors (Lipinski definition) is 7. The van der Waals surface area contributed by atoms with E-state index in [-0.39, 0.29) is 26.1 Å². The van der Waals surface area contributed by atoms with Crippen LogP contribution in [-0.4, -0.2) is 28.5 Å². The number of benzene rings is 1. The number of methoxy groups -OCH3 is 1. The number of hydrogen-bond donors (Lipinski definition) is 1. The first-order chi connectivity index (χ1) is 11.9. The molecule has 0 fully saturated rings. The van der Waals surface area contributed by atoms with Crippen molar-refractivity contribution in [2.24, 2.45) is 0 Å². The number of rotatable bonds is 2. The Morgan fingerprint density at radius 3 is 2.56 bits per heavy atom. The van der Waals surface area contributed by atoms with E-state index in [0.29, 0.717) is 5.69 Å². The van der Waals surface area contributed by atoms with Gasteiger partial charge in [0.25, 0.3) is 11.5 Å². The summed E-state index contributed by atoms with van der Waals surface area (Å²) in [6.45, 7) is 1.67. The van der Waals surface area contributed by atoms with Crippen molar-refractivity contribution in [2.45, 2.75) is 6.92 Å². The molecule has 0 aliphatic rings. The summed E-state index contributed by atoms with van der Waals surface area (Å²) < 4.78 is 5.47. The quantitative estimate of drug-likeness (QED) is 0.705. The minimum absolute atomic E-state index is 0.0252. The fourth-order valence-electron chi connectivity index (χ4n) is 2.43. The van der Waals surface area contributed by atoms with E-state index in [2.05, 4.69) is 4.98 Å². The lowest BCUT2D eigenvalue weighted by Gasteiger charge is -2.09. The lowest BCUT2D eigenvalue weighted by Crippen LogP contribution is -2.37. The lowest BCUT2D eigenvalue weighted by atomic mass is 10.1. The second-order valence-corrected chi connectivity index (χ2v) is 6.18. The van der Waals surface area contributed by atoms with Gasteiger partial charge in [0, 0.05) is 11.3 Å². The molecule has 7 nitrogen and oxygen atoms in total. The molecule has 1 aromatic carbocycles. The number of nitrogens with one attached hydrogen (secondary N) is 1. The third kappa shape index (κ3) is 2.87. The van der Waals surface area contributed by atoms with E-state index >= 15 is 0 Å². The van der Waals surface area contributed by atoms with E-state index in [1.807, 2.05) is 0 Å². The van der Waals surface area contributed by atoms with Crippen LogP contribution in [0.4, 0.5) is 0 Å². The van der Waals surface area contributed by atoms with Gasteiger partial charge in [-0.05, 0) is 25.1 Å². The van der Waals surface area contributed by atoms with Crippen molar-refractivity contribution >= 4 is 33.4 Å². The maximum absolute atomic E-state index is 12.9. The van der Waals surface area contributed by atoms with E-state index in [9.17, 15) is 14.4 Å². The molecule has 1 N–H and O–H groups in total. The highest BCUT2D eigenvalue weighted by atomic mass is 32.1. The van der Waals surface area contributed by atoms with Crippen LogP contribution in [-0.2, 0) is 4.74 Å². The normalized spacial score (nSPS) is 10.6. The molecule has 0 spiro atoms. The SMILES string of the molecule is COC(=O)c1cc(C)nc2sc(=N)n(C(=O)c3ccccc3)c(=O)c12. The van der Waals surface area contributed by atoms with Gasteiger partial charge in [0.2, 0.25) is 0 Å². The van der Waals surface area contributed by atoms with Gasteiger partial charge >= 0.3 is 5.97 Å². The summed E-state index contributed by atoms with van der Waals surface area (Å²) in [5, 5.41) is 8.05. The van der Waals surface area contributed by atoms with E-state index < -0.39 is 17.4 Å². The van der Waals surface area contributed by atoms with Crippen molar-refractivity contribution in [2.75, 3.05) is 7.11 Å². The molecule has 2 aromatic heterocycles. The standard InChI is InChI=1S/C17H13N3O4S/c1-9-8-11(16(23)24-2)12-13(19-9)25-17(18)20(15(12)22)14(21)10-6-4-3-5-7-10/h3-8,18H,1-2H3. The smallest absolute Gasteiger partial charge is 0.338 e. The number of fused-ring (bicyclic) bond motifs is 1. The average Bonchev–Trinajstić information content (AvgIpc) is 2.60. The summed E-state index contributed by atoms with van der Waals surface area (Å²) in [5.41, 5.74) is 0.0424. The zero-order valence-corrected chi connectivity index (χ0v) is 14.2.